The number of aliphatic hydroxyl groups excluding tert-OH is 1. The lowest BCUT2D eigenvalue weighted by molar-refractivity contribution is -0.0573. The van der Waals surface area contributed by atoms with Crippen molar-refractivity contribution >= 4 is 0 Å². The predicted octanol–water partition coefficient (Wildman–Crippen LogP) is 8.41. The average molecular weight is 417 g/mol. The monoisotopic (exact) mass is 416 g/mol. The van der Waals surface area contributed by atoms with Gasteiger partial charge in [0.05, 0.1) is 6.10 Å². The molecule has 0 aromatic rings. The van der Waals surface area contributed by atoms with Crippen LogP contribution in [0.3, 0.4) is 0 Å². The standard InChI is InChI=1S/C27H46O.C2H6/c1-18(2)7-6-8-19(3)23-11-12-24-22-10-9-20-17-21(28)13-15-26(20,4)25(22)14-16-27(23,24)5;1-2/h9,18-19,21-25,28H,6-8,10-17H2,1-5H3;1-2H3/t19-,21?,22?,23?,24+,25+,26?,27?;/m1./s1. The van der Waals surface area contributed by atoms with Crippen LogP contribution < -0.4 is 0 Å². The third-order valence-corrected chi connectivity index (χ3v) is 10.3. The second-order valence-electron chi connectivity index (χ2n) is 12.2. The molecular weight excluding hydrogens is 364 g/mol. The lowest BCUT2D eigenvalue weighted by Crippen LogP contribution is -2.50. The van der Waals surface area contributed by atoms with Gasteiger partial charge in [-0.3, -0.25) is 0 Å². The number of hydrogen-bond donors (Lipinski definition) is 1. The van der Waals surface area contributed by atoms with Crippen molar-refractivity contribution in [2.24, 2.45) is 46.3 Å². The van der Waals surface area contributed by atoms with Crippen molar-refractivity contribution in [2.45, 2.75) is 125 Å². The summed E-state index contributed by atoms with van der Waals surface area (Å²) in [5, 5.41) is 10.2. The van der Waals surface area contributed by atoms with Crippen LogP contribution >= 0.6 is 0 Å². The number of hydrogen-bond acceptors (Lipinski definition) is 1. The Morgan fingerprint density at radius 2 is 1.70 bits per heavy atom. The molecule has 3 saturated carbocycles. The van der Waals surface area contributed by atoms with E-state index in [1.165, 1.54) is 57.8 Å². The predicted molar refractivity (Wildman–Crippen MR) is 130 cm³/mol. The van der Waals surface area contributed by atoms with E-state index < -0.39 is 0 Å². The topological polar surface area (TPSA) is 20.2 Å². The van der Waals surface area contributed by atoms with Gasteiger partial charge in [0.1, 0.15) is 0 Å². The molecule has 0 radical (unpaired) electrons. The molecule has 0 amide bonds. The van der Waals surface area contributed by atoms with Crippen LogP contribution in [0, 0.1) is 46.3 Å². The number of rotatable bonds is 5. The summed E-state index contributed by atoms with van der Waals surface area (Å²) in [7, 11) is 0. The van der Waals surface area contributed by atoms with Crippen LogP contribution in [0.4, 0.5) is 0 Å². The van der Waals surface area contributed by atoms with Crippen molar-refractivity contribution in [3.63, 3.8) is 0 Å². The minimum Gasteiger partial charge on any atom is -0.393 e. The lowest BCUT2D eigenvalue weighted by atomic mass is 9.47. The second-order valence-corrected chi connectivity index (χ2v) is 12.2. The maximum Gasteiger partial charge on any atom is 0.0577 e. The van der Waals surface area contributed by atoms with Gasteiger partial charge in [-0.25, -0.2) is 0 Å². The number of fused-ring (bicyclic) bond motifs is 5. The van der Waals surface area contributed by atoms with Crippen molar-refractivity contribution in [3.05, 3.63) is 11.6 Å². The van der Waals surface area contributed by atoms with Gasteiger partial charge in [0.25, 0.3) is 0 Å². The first-order chi connectivity index (χ1) is 14.3. The third-order valence-electron chi connectivity index (χ3n) is 10.3. The van der Waals surface area contributed by atoms with Crippen molar-refractivity contribution in [1.82, 2.24) is 0 Å². The summed E-state index contributed by atoms with van der Waals surface area (Å²) in [6, 6.07) is 0. The molecule has 5 unspecified atom stereocenters. The quantitative estimate of drug-likeness (QED) is 0.446. The molecule has 4 aliphatic rings. The highest BCUT2D eigenvalue weighted by Gasteiger charge is 2.59. The van der Waals surface area contributed by atoms with Crippen molar-refractivity contribution in [3.8, 4) is 0 Å². The minimum atomic E-state index is -0.0766. The summed E-state index contributed by atoms with van der Waals surface area (Å²) in [4.78, 5) is 0. The zero-order valence-corrected chi connectivity index (χ0v) is 21.3. The first kappa shape index (κ1) is 24.3. The van der Waals surface area contributed by atoms with Crippen molar-refractivity contribution in [2.75, 3.05) is 0 Å². The Morgan fingerprint density at radius 1 is 0.967 bits per heavy atom. The van der Waals surface area contributed by atoms with Crippen LogP contribution in [0.25, 0.3) is 0 Å². The SMILES string of the molecule is CC.CC(C)CCC[C@@H](C)C1CC[C@H]2C3CC=C4CC(O)CCC4(C)[C@H]3CCC12C. The van der Waals surface area contributed by atoms with Gasteiger partial charge in [0.2, 0.25) is 0 Å². The molecular formula is C29H52O. The van der Waals surface area contributed by atoms with E-state index in [4.69, 9.17) is 0 Å². The van der Waals surface area contributed by atoms with E-state index in [-0.39, 0.29) is 6.10 Å². The summed E-state index contributed by atoms with van der Waals surface area (Å²) >= 11 is 0. The largest absolute Gasteiger partial charge is 0.393 e. The van der Waals surface area contributed by atoms with Crippen LogP contribution in [0.2, 0.25) is 0 Å². The first-order valence-electron chi connectivity index (χ1n) is 13.6. The Bertz CT molecular complexity index is 591. The van der Waals surface area contributed by atoms with Gasteiger partial charge in [-0.15, -0.1) is 0 Å². The molecule has 0 spiro atoms. The Morgan fingerprint density at radius 3 is 2.40 bits per heavy atom. The van der Waals surface area contributed by atoms with Gasteiger partial charge in [-0.05, 0) is 97.7 Å². The molecule has 0 bridgehead atoms. The van der Waals surface area contributed by atoms with E-state index in [1.807, 2.05) is 13.8 Å². The summed E-state index contributed by atoms with van der Waals surface area (Å²) in [5.74, 6) is 5.46. The van der Waals surface area contributed by atoms with Crippen molar-refractivity contribution < 1.29 is 5.11 Å². The van der Waals surface area contributed by atoms with E-state index in [9.17, 15) is 5.11 Å². The van der Waals surface area contributed by atoms with Crippen LogP contribution in [-0.2, 0) is 0 Å². The van der Waals surface area contributed by atoms with E-state index in [0.717, 1.165) is 48.3 Å². The maximum absolute atomic E-state index is 10.2. The molecule has 0 aromatic heterocycles. The molecule has 0 heterocycles. The highest BCUT2D eigenvalue weighted by atomic mass is 16.3. The van der Waals surface area contributed by atoms with E-state index in [0.29, 0.717) is 10.8 Å². The molecule has 174 valence electrons. The average Bonchev–Trinajstić information content (AvgIpc) is 3.07. The van der Waals surface area contributed by atoms with Crippen LogP contribution in [-0.4, -0.2) is 11.2 Å². The summed E-state index contributed by atoms with van der Waals surface area (Å²) in [5.41, 5.74) is 2.60. The number of allylic oxidation sites excluding steroid dienone is 1. The molecule has 0 saturated heterocycles. The molecule has 4 aliphatic carbocycles. The Kier molecular flexibility index (Phi) is 7.85. The second kappa shape index (κ2) is 9.68. The van der Waals surface area contributed by atoms with Gasteiger partial charge >= 0.3 is 0 Å². The van der Waals surface area contributed by atoms with Crippen LogP contribution in [0.1, 0.15) is 119 Å². The van der Waals surface area contributed by atoms with E-state index >= 15 is 0 Å². The lowest BCUT2D eigenvalue weighted by Gasteiger charge is -2.58. The first-order valence-corrected chi connectivity index (χ1v) is 13.6. The Hall–Kier alpha value is -0.300. The third kappa shape index (κ3) is 4.31. The van der Waals surface area contributed by atoms with Crippen LogP contribution in [0.5, 0.6) is 0 Å². The van der Waals surface area contributed by atoms with Gasteiger partial charge in [-0.1, -0.05) is 79.4 Å². The van der Waals surface area contributed by atoms with E-state index in [1.54, 1.807) is 5.57 Å². The number of aliphatic hydroxyl groups is 1. The Balaban J connectivity index is 0.00000124. The van der Waals surface area contributed by atoms with Crippen LogP contribution in [0.15, 0.2) is 11.6 Å². The molecule has 30 heavy (non-hydrogen) atoms. The normalized spacial score (nSPS) is 43.6. The molecule has 0 aliphatic heterocycles. The minimum absolute atomic E-state index is 0.0766. The molecule has 4 rings (SSSR count). The van der Waals surface area contributed by atoms with Gasteiger partial charge in [-0.2, -0.15) is 0 Å². The zero-order chi connectivity index (χ0) is 22.1. The highest BCUT2D eigenvalue weighted by Crippen LogP contribution is 2.67. The highest BCUT2D eigenvalue weighted by molar-refractivity contribution is 5.25. The van der Waals surface area contributed by atoms with E-state index in [2.05, 4.69) is 40.7 Å². The summed E-state index contributed by atoms with van der Waals surface area (Å²) in [6.45, 7) is 16.6. The van der Waals surface area contributed by atoms with Gasteiger partial charge in [0, 0.05) is 0 Å². The molecule has 1 heteroatoms. The summed E-state index contributed by atoms with van der Waals surface area (Å²) in [6.07, 6.45) is 17.2. The fourth-order valence-electron chi connectivity index (χ4n) is 8.67. The Labute approximate surface area is 188 Å². The van der Waals surface area contributed by atoms with Gasteiger partial charge in [0.15, 0.2) is 0 Å². The van der Waals surface area contributed by atoms with Crippen molar-refractivity contribution in [1.29, 1.82) is 0 Å². The molecule has 8 atom stereocenters. The maximum atomic E-state index is 10.2. The fourth-order valence-corrected chi connectivity index (χ4v) is 8.67. The zero-order valence-electron chi connectivity index (χ0n) is 21.3. The molecule has 1 N–H and O–H groups in total. The van der Waals surface area contributed by atoms with Gasteiger partial charge < -0.3 is 5.11 Å². The molecule has 1 nitrogen and oxygen atoms in total. The molecule has 0 aromatic carbocycles. The molecule has 3 fully saturated rings. The summed E-state index contributed by atoms with van der Waals surface area (Å²) < 4.78 is 0. The smallest absolute Gasteiger partial charge is 0.0577 e. The fraction of sp³-hybridized carbons (Fsp3) is 0.931.